The van der Waals surface area contributed by atoms with Crippen molar-refractivity contribution < 1.29 is 9.53 Å². The highest BCUT2D eigenvalue weighted by Gasteiger charge is 2.12. The monoisotopic (exact) mass is 334 g/mol. The highest BCUT2D eigenvalue weighted by atomic mass is 35.5. The minimum Gasteiger partial charge on any atom is -0.495 e. The van der Waals surface area contributed by atoms with Crippen LogP contribution < -0.4 is 15.4 Å². The van der Waals surface area contributed by atoms with Gasteiger partial charge in [0.2, 0.25) is 0 Å². The first-order valence-electron chi connectivity index (χ1n) is 7.35. The van der Waals surface area contributed by atoms with Gasteiger partial charge in [-0.1, -0.05) is 24.9 Å². The van der Waals surface area contributed by atoms with Crippen molar-refractivity contribution in [2.24, 2.45) is 0 Å². The van der Waals surface area contributed by atoms with Gasteiger partial charge in [0.25, 0.3) is 5.91 Å². The second-order valence-corrected chi connectivity index (χ2v) is 5.30. The predicted molar refractivity (Wildman–Crippen MR) is 91.4 cm³/mol. The molecule has 1 heterocycles. The van der Waals surface area contributed by atoms with Crippen molar-refractivity contribution in [2.75, 3.05) is 24.3 Å². The summed E-state index contributed by atoms with van der Waals surface area (Å²) < 4.78 is 5.19. The summed E-state index contributed by atoms with van der Waals surface area (Å²) in [7, 11) is 1.52. The Labute approximate surface area is 140 Å². The van der Waals surface area contributed by atoms with Crippen molar-refractivity contribution in [1.82, 2.24) is 9.97 Å². The maximum Gasteiger partial charge on any atom is 0.275 e. The van der Waals surface area contributed by atoms with Crippen LogP contribution in [0.5, 0.6) is 5.75 Å². The van der Waals surface area contributed by atoms with Crippen LogP contribution in [0.15, 0.2) is 30.6 Å². The van der Waals surface area contributed by atoms with E-state index in [-0.39, 0.29) is 11.6 Å². The summed E-state index contributed by atoms with van der Waals surface area (Å²) in [6, 6.07) is 4.99. The normalized spacial score (nSPS) is 10.2. The number of hydrogen-bond acceptors (Lipinski definition) is 5. The van der Waals surface area contributed by atoms with E-state index in [1.54, 1.807) is 24.4 Å². The average molecular weight is 335 g/mol. The molecule has 1 amide bonds. The van der Waals surface area contributed by atoms with Gasteiger partial charge in [-0.3, -0.25) is 4.79 Å². The Bertz CT molecular complexity index is 662. The first-order chi connectivity index (χ1) is 11.1. The molecule has 122 valence electrons. The number of anilines is 2. The lowest BCUT2D eigenvalue weighted by atomic mass is 10.2. The Kier molecular flexibility index (Phi) is 6.17. The molecule has 0 bridgehead atoms. The highest BCUT2D eigenvalue weighted by Crippen LogP contribution is 2.27. The number of benzene rings is 1. The third-order valence-corrected chi connectivity index (χ3v) is 3.37. The lowest BCUT2D eigenvalue weighted by molar-refractivity contribution is 0.102. The van der Waals surface area contributed by atoms with Gasteiger partial charge in [0.1, 0.15) is 17.3 Å². The molecule has 2 rings (SSSR count). The maximum atomic E-state index is 12.2. The van der Waals surface area contributed by atoms with Crippen LogP contribution in [0, 0.1) is 0 Å². The molecule has 0 spiro atoms. The van der Waals surface area contributed by atoms with Gasteiger partial charge in [-0.25, -0.2) is 9.97 Å². The molecule has 0 aliphatic rings. The molecular weight excluding hydrogens is 316 g/mol. The molecular formula is C16H19ClN4O2. The Balaban J connectivity index is 2.05. The van der Waals surface area contributed by atoms with Crippen LogP contribution in [0.3, 0.4) is 0 Å². The van der Waals surface area contributed by atoms with Crippen molar-refractivity contribution >= 4 is 29.0 Å². The van der Waals surface area contributed by atoms with Gasteiger partial charge < -0.3 is 15.4 Å². The van der Waals surface area contributed by atoms with Gasteiger partial charge in [-0.15, -0.1) is 0 Å². The summed E-state index contributed by atoms with van der Waals surface area (Å²) in [5.41, 5.74) is 0.699. The van der Waals surface area contributed by atoms with Gasteiger partial charge in [0.05, 0.1) is 25.2 Å². The first-order valence-corrected chi connectivity index (χ1v) is 7.72. The van der Waals surface area contributed by atoms with Gasteiger partial charge in [-0.2, -0.15) is 0 Å². The molecule has 0 atom stereocenters. The van der Waals surface area contributed by atoms with E-state index in [1.807, 2.05) is 0 Å². The van der Waals surface area contributed by atoms with Crippen molar-refractivity contribution in [3.05, 3.63) is 41.3 Å². The molecule has 0 saturated carbocycles. The quantitative estimate of drug-likeness (QED) is 0.756. The minimum atomic E-state index is -0.377. The number of halogens is 1. The van der Waals surface area contributed by atoms with Crippen molar-refractivity contribution in [1.29, 1.82) is 0 Å². The second kappa shape index (κ2) is 8.33. The Morgan fingerprint density at radius 1 is 1.30 bits per heavy atom. The standard InChI is InChI=1S/C16H19ClN4O2/c1-3-4-7-18-15-10-19-13(9-20-15)16(22)21-12-8-11(17)5-6-14(12)23-2/h5-6,8-10H,3-4,7H2,1-2H3,(H,18,20)(H,21,22). The molecule has 6 nitrogen and oxygen atoms in total. The van der Waals surface area contributed by atoms with Crippen LogP contribution in [0.25, 0.3) is 0 Å². The number of carbonyl (C=O) groups is 1. The molecule has 7 heteroatoms. The predicted octanol–water partition coefficient (Wildman–Crippen LogP) is 3.60. The van der Waals surface area contributed by atoms with Crippen molar-refractivity contribution in [3.8, 4) is 5.75 Å². The number of carbonyl (C=O) groups excluding carboxylic acids is 1. The summed E-state index contributed by atoms with van der Waals surface area (Å²) in [5.74, 6) is 0.794. The number of nitrogens with one attached hydrogen (secondary N) is 2. The van der Waals surface area contributed by atoms with Gasteiger partial charge in [-0.05, 0) is 24.6 Å². The minimum absolute atomic E-state index is 0.216. The van der Waals surface area contributed by atoms with Crippen LogP contribution in [0.1, 0.15) is 30.3 Å². The van der Waals surface area contributed by atoms with Crippen LogP contribution in [0.4, 0.5) is 11.5 Å². The molecule has 23 heavy (non-hydrogen) atoms. The maximum absolute atomic E-state index is 12.2. The Hall–Kier alpha value is -2.34. The molecule has 1 aromatic heterocycles. The van der Waals surface area contributed by atoms with E-state index in [9.17, 15) is 4.79 Å². The zero-order valence-corrected chi connectivity index (χ0v) is 13.9. The molecule has 0 aliphatic carbocycles. The Morgan fingerprint density at radius 3 is 2.78 bits per heavy atom. The molecule has 0 unspecified atom stereocenters. The fourth-order valence-corrected chi connectivity index (χ4v) is 2.07. The summed E-state index contributed by atoms with van der Waals surface area (Å²) >= 11 is 5.94. The fourth-order valence-electron chi connectivity index (χ4n) is 1.89. The lowest BCUT2D eigenvalue weighted by Crippen LogP contribution is -2.15. The summed E-state index contributed by atoms with van der Waals surface area (Å²) in [5, 5.41) is 6.37. The van der Waals surface area contributed by atoms with Gasteiger partial charge >= 0.3 is 0 Å². The number of amides is 1. The molecule has 0 aliphatic heterocycles. The largest absolute Gasteiger partial charge is 0.495 e. The van der Waals surface area contributed by atoms with Gasteiger partial charge in [0.15, 0.2) is 0 Å². The SMILES string of the molecule is CCCCNc1cnc(C(=O)Nc2cc(Cl)ccc2OC)cn1. The van der Waals surface area contributed by atoms with E-state index >= 15 is 0 Å². The van der Waals surface area contributed by atoms with E-state index < -0.39 is 0 Å². The number of aromatic nitrogens is 2. The molecule has 0 fully saturated rings. The van der Waals surface area contributed by atoms with Crippen molar-refractivity contribution in [2.45, 2.75) is 19.8 Å². The van der Waals surface area contributed by atoms with Crippen LogP contribution in [-0.2, 0) is 0 Å². The number of ether oxygens (including phenoxy) is 1. The number of rotatable bonds is 7. The highest BCUT2D eigenvalue weighted by molar-refractivity contribution is 6.31. The van der Waals surface area contributed by atoms with Crippen LogP contribution >= 0.6 is 11.6 Å². The zero-order chi connectivity index (χ0) is 16.7. The Morgan fingerprint density at radius 2 is 2.13 bits per heavy atom. The fraction of sp³-hybridized carbons (Fsp3) is 0.312. The molecule has 2 N–H and O–H groups in total. The van der Waals surface area contributed by atoms with E-state index in [1.165, 1.54) is 13.3 Å². The van der Waals surface area contributed by atoms with E-state index in [2.05, 4.69) is 27.5 Å². The molecule has 0 saturated heterocycles. The van der Waals surface area contributed by atoms with E-state index in [0.29, 0.717) is 22.3 Å². The molecule has 0 radical (unpaired) electrons. The van der Waals surface area contributed by atoms with Crippen LogP contribution in [-0.4, -0.2) is 29.5 Å². The summed E-state index contributed by atoms with van der Waals surface area (Å²) in [4.78, 5) is 20.5. The summed E-state index contributed by atoms with van der Waals surface area (Å²) in [6.45, 7) is 2.95. The molecule has 1 aromatic carbocycles. The summed E-state index contributed by atoms with van der Waals surface area (Å²) in [6.07, 6.45) is 5.13. The third kappa shape index (κ3) is 4.82. The number of nitrogens with zero attached hydrogens (tertiary/aromatic N) is 2. The number of hydrogen-bond donors (Lipinski definition) is 2. The third-order valence-electron chi connectivity index (χ3n) is 3.13. The second-order valence-electron chi connectivity index (χ2n) is 4.87. The van der Waals surface area contributed by atoms with E-state index in [4.69, 9.17) is 16.3 Å². The molecule has 2 aromatic rings. The topological polar surface area (TPSA) is 76.1 Å². The zero-order valence-electron chi connectivity index (χ0n) is 13.1. The van der Waals surface area contributed by atoms with E-state index in [0.717, 1.165) is 19.4 Å². The average Bonchev–Trinajstić information content (AvgIpc) is 2.56. The number of methoxy groups -OCH3 is 1. The number of unbranched alkanes of at least 4 members (excludes halogenated alkanes) is 1. The van der Waals surface area contributed by atoms with Crippen molar-refractivity contribution in [3.63, 3.8) is 0 Å². The smallest absolute Gasteiger partial charge is 0.275 e. The first kappa shape index (κ1) is 17.0. The van der Waals surface area contributed by atoms with Crippen LogP contribution in [0.2, 0.25) is 5.02 Å². The van der Waals surface area contributed by atoms with Gasteiger partial charge in [0, 0.05) is 11.6 Å². The lowest BCUT2D eigenvalue weighted by Gasteiger charge is -2.10.